The quantitative estimate of drug-likeness (QED) is 0.475. The van der Waals surface area contributed by atoms with Gasteiger partial charge in [-0.1, -0.05) is 27.7 Å². The molecule has 1 aromatic carbocycles. The first-order chi connectivity index (χ1) is 15.7. The maximum absolute atomic E-state index is 13.3. The molecule has 1 heterocycles. The highest BCUT2D eigenvalue weighted by Crippen LogP contribution is 2.34. The minimum absolute atomic E-state index is 0.00371. The summed E-state index contributed by atoms with van der Waals surface area (Å²) < 4.78 is 5.76. The normalized spacial score (nSPS) is 20.1. The molecule has 0 radical (unpaired) electrons. The summed E-state index contributed by atoms with van der Waals surface area (Å²) in [5, 5.41) is 23.9. The number of carbonyl (C=O) groups is 2. The van der Waals surface area contributed by atoms with E-state index >= 15 is 0 Å². The molecule has 2 aliphatic rings. The van der Waals surface area contributed by atoms with Gasteiger partial charge in [-0.2, -0.15) is 0 Å². The molecule has 2 fully saturated rings. The number of likely N-dealkylation sites (tertiary alicyclic amines) is 1. The van der Waals surface area contributed by atoms with Crippen LogP contribution in [0.2, 0.25) is 0 Å². The molecule has 7 nitrogen and oxygen atoms in total. The van der Waals surface area contributed by atoms with Gasteiger partial charge in [0.2, 0.25) is 0 Å². The van der Waals surface area contributed by atoms with Crippen molar-refractivity contribution < 1.29 is 24.5 Å². The van der Waals surface area contributed by atoms with Gasteiger partial charge in [-0.15, -0.1) is 0 Å². The van der Waals surface area contributed by atoms with E-state index < -0.39 is 6.04 Å². The van der Waals surface area contributed by atoms with Crippen LogP contribution in [0.5, 0.6) is 11.5 Å². The molecule has 7 heteroatoms. The Labute approximate surface area is 197 Å². The first kappa shape index (κ1) is 25.3. The second-order valence-electron chi connectivity index (χ2n) is 10.3. The molecule has 2 atom stereocenters. The van der Waals surface area contributed by atoms with Gasteiger partial charge < -0.3 is 25.2 Å². The van der Waals surface area contributed by atoms with E-state index in [1.54, 1.807) is 11.0 Å². The summed E-state index contributed by atoms with van der Waals surface area (Å²) in [6.45, 7) is 9.14. The van der Waals surface area contributed by atoms with Gasteiger partial charge in [-0.05, 0) is 68.4 Å². The lowest BCUT2D eigenvalue weighted by atomic mass is 9.98. The third-order valence-corrected chi connectivity index (χ3v) is 6.81. The molecule has 0 unspecified atom stereocenters. The number of aromatic hydroxyl groups is 2. The fraction of sp³-hybridized carbons (Fsp3) is 0.692. The Morgan fingerprint density at radius 3 is 2.39 bits per heavy atom. The van der Waals surface area contributed by atoms with Crippen LogP contribution in [0.25, 0.3) is 0 Å². The van der Waals surface area contributed by atoms with Gasteiger partial charge in [0.15, 0.2) is 0 Å². The predicted octanol–water partition coefficient (Wildman–Crippen LogP) is 4.32. The van der Waals surface area contributed by atoms with Crippen molar-refractivity contribution in [1.82, 2.24) is 10.2 Å². The third-order valence-electron chi connectivity index (χ3n) is 6.81. The number of rotatable bonds is 9. The summed E-state index contributed by atoms with van der Waals surface area (Å²) in [6, 6.07) is 2.39. The number of amides is 1. The number of nitrogens with zero attached hydrogens (tertiary/aromatic N) is 1. The minimum Gasteiger partial charge on any atom is -0.508 e. The maximum atomic E-state index is 13.3. The van der Waals surface area contributed by atoms with Gasteiger partial charge in [0.1, 0.15) is 23.6 Å². The molecule has 1 amide bonds. The lowest BCUT2D eigenvalue weighted by molar-refractivity contribution is -0.151. The minimum atomic E-state index is -0.391. The Hall–Kier alpha value is -2.28. The van der Waals surface area contributed by atoms with Crippen molar-refractivity contribution in [3.8, 4) is 11.5 Å². The van der Waals surface area contributed by atoms with E-state index in [0.29, 0.717) is 31.0 Å². The Kier molecular flexibility index (Phi) is 8.63. The molecule has 0 aromatic heterocycles. The molecule has 1 aliphatic heterocycles. The van der Waals surface area contributed by atoms with Gasteiger partial charge >= 0.3 is 5.97 Å². The molecular weight excluding hydrogens is 420 g/mol. The molecule has 0 bridgehead atoms. The summed E-state index contributed by atoms with van der Waals surface area (Å²) >= 11 is 0. The monoisotopic (exact) mass is 460 g/mol. The van der Waals surface area contributed by atoms with Gasteiger partial charge in [-0.25, -0.2) is 0 Å². The van der Waals surface area contributed by atoms with Crippen LogP contribution in [-0.2, 0) is 9.53 Å². The number of carbonyl (C=O) groups excluding carboxylic acids is 2. The van der Waals surface area contributed by atoms with Crippen molar-refractivity contribution in [2.45, 2.75) is 96.7 Å². The standard InChI is InChI=1S/C26H40N2O5/c1-16(2)12-22(26(32)33-19-9-5-6-10-19)27-15-18-8-7-11-28(18)25(31)21-13-20(17(3)4)23(29)14-24(21)30/h13-14,16-19,22,27,29-30H,5-12,15H2,1-4H3/t18-,22-/m1/s1. The van der Waals surface area contributed by atoms with Crippen LogP contribution in [0.15, 0.2) is 12.1 Å². The molecule has 0 spiro atoms. The number of nitrogens with one attached hydrogen (secondary N) is 1. The molecular formula is C26H40N2O5. The first-order valence-electron chi connectivity index (χ1n) is 12.5. The van der Waals surface area contributed by atoms with Crippen LogP contribution in [0.3, 0.4) is 0 Å². The van der Waals surface area contributed by atoms with Crippen LogP contribution < -0.4 is 5.32 Å². The summed E-state index contributed by atoms with van der Waals surface area (Å²) in [7, 11) is 0. The van der Waals surface area contributed by atoms with Crippen molar-refractivity contribution in [1.29, 1.82) is 0 Å². The van der Waals surface area contributed by atoms with Crippen LogP contribution in [0.4, 0.5) is 0 Å². The van der Waals surface area contributed by atoms with Gasteiger partial charge in [0.25, 0.3) is 5.91 Å². The topological polar surface area (TPSA) is 99.1 Å². The fourth-order valence-corrected chi connectivity index (χ4v) is 4.96. The zero-order valence-electron chi connectivity index (χ0n) is 20.5. The van der Waals surface area contributed by atoms with E-state index in [1.807, 2.05) is 13.8 Å². The van der Waals surface area contributed by atoms with Crippen LogP contribution in [0.1, 0.15) is 94.5 Å². The second-order valence-corrected chi connectivity index (χ2v) is 10.3. The van der Waals surface area contributed by atoms with E-state index in [1.165, 1.54) is 6.07 Å². The summed E-state index contributed by atoms with van der Waals surface area (Å²) in [5.41, 5.74) is 0.847. The van der Waals surface area contributed by atoms with Crippen LogP contribution in [0, 0.1) is 5.92 Å². The van der Waals surface area contributed by atoms with E-state index in [9.17, 15) is 19.8 Å². The highest BCUT2D eigenvalue weighted by molar-refractivity contribution is 5.97. The number of phenols is 2. The molecule has 1 saturated carbocycles. The number of ether oxygens (including phenoxy) is 1. The Morgan fingerprint density at radius 2 is 1.76 bits per heavy atom. The summed E-state index contributed by atoms with van der Waals surface area (Å²) in [5.74, 6) is -0.287. The lowest BCUT2D eigenvalue weighted by Crippen LogP contribution is -2.48. The second kappa shape index (κ2) is 11.2. The Bertz CT molecular complexity index is 832. The molecule has 1 saturated heterocycles. The van der Waals surface area contributed by atoms with Gasteiger partial charge in [-0.3, -0.25) is 9.59 Å². The maximum Gasteiger partial charge on any atom is 0.323 e. The molecule has 1 aliphatic carbocycles. The highest BCUT2D eigenvalue weighted by Gasteiger charge is 2.33. The Morgan fingerprint density at radius 1 is 1.06 bits per heavy atom. The largest absolute Gasteiger partial charge is 0.508 e. The molecule has 3 rings (SSSR count). The summed E-state index contributed by atoms with van der Waals surface area (Å²) in [4.78, 5) is 27.9. The number of phenolic OH excluding ortho intramolecular Hbond substituents is 2. The van der Waals surface area contributed by atoms with Crippen LogP contribution in [-0.4, -0.2) is 58.3 Å². The van der Waals surface area contributed by atoms with Crippen molar-refractivity contribution in [2.24, 2.45) is 5.92 Å². The molecule has 33 heavy (non-hydrogen) atoms. The number of hydrogen-bond acceptors (Lipinski definition) is 6. The SMILES string of the molecule is CC(C)C[C@@H](NC[C@H]1CCCN1C(=O)c1cc(C(C)C)c(O)cc1O)C(=O)OC1CCCC1. The average Bonchev–Trinajstić information content (AvgIpc) is 3.42. The number of hydrogen-bond donors (Lipinski definition) is 3. The lowest BCUT2D eigenvalue weighted by Gasteiger charge is -2.28. The van der Waals surface area contributed by atoms with E-state index in [2.05, 4.69) is 19.2 Å². The smallest absolute Gasteiger partial charge is 0.323 e. The van der Waals surface area contributed by atoms with Crippen molar-refractivity contribution in [3.05, 3.63) is 23.3 Å². The fourth-order valence-electron chi connectivity index (χ4n) is 4.96. The Balaban J connectivity index is 1.68. The number of esters is 1. The zero-order chi connectivity index (χ0) is 24.1. The van der Waals surface area contributed by atoms with Crippen molar-refractivity contribution in [3.63, 3.8) is 0 Å². The van der Waals surface area contributed by atoms with Crippen molar-refractivity contribution >= 4 is 11.9 Å². The van der Waals surface area contributed by atoms with Gasteiger partial charge in [0, 0.05) is 25.2 Å². The molecule has 1 aromatic rings. The molecule has 3 N–H and O–H groups in total. The highest BCUT2D eigenvalue weighted by atomic mass is 16.5. The predicted molar refractivity (Wildman–Crippen MR) is 128 cm³/mol. The van der Waals surface area contributed by atoms with Crippen molar-refractivity contribution in [2.75, 3.05) is 13.1 Å². The number of benzene rings is 1. The zero-order valence-corrected chi connectivity index (χ0v) is 20.5. The van der Waals surface area contributed by atoms with Gasteiger partial charge in [0.05, 0.1) is 5.56 Å². The molecule has 184 valence electrons. The first-order valence-corrected chi connectivity index (χ1v) is 12.5. The summed E-state index contributed by atoms with van der Waals surface area (Å²) in [6.07, 6.45) is 6.54. The van der Waals surface area contributed by atoms with Crippen LogP contribution >= 0.6 is 0 Å². The van der Waals surface area contributed by atoms with E-state index in [0.717, 1.165) is 38.5 Å². The van der Waals surface area contributed by atoms with E-state index in [4.69, 9.17) is 4.74 Å². The average molecular weight is 461 g/mol. The third kappa shape index (κ3) is 6.40. The van der Waals surface area contributed by atoms with E-state index in [-0.39, 0.29) is 47.0 Å².